The van der Waals surface area contributed by atoms with E-state index in [-0.39, 0.29) is 25.0 Å². The van der Waals surface area contributed by atoms with Crippen LogP contribution in [0.15, 0.2) is 30.0 Å². The monoisotopic (exact) mass is 304 g/mol. The SMILES string of the molecule is Cc1ccc(OC(C)C)c(NC2=CC(=O)N(CCO)C2=O)c1. The maximum Gasteiger partial charge on any atom is 0.277 e. The number of β-amino-alcohol motifs (C(OH)–C–C–N with tert-alkyl or cyclic N) is 1. The summed E-state index contributed by atoms with van der Waals surface area (Å²) in [6.07, 6.45) is 1.23. The van der Waals surface area contributed by atoms with E-state index in [1.54, 1.807) is 0 Å². The van der Waals surface area contributed by atoms with Gasteiger partial charge in [0.15, 0.2) is 0 Å². The van der Waals surface area contributed by atoms with Crippen molar-refractivity contribution >= 4 is 17.5 Å². The molecule has 6 heteroatoms. The third kappa shape index (κ3) is 3.46. The summed E-state index contributed by atoms with van der Waals surface area (Å²) < 4.78 is 5.71. The average Bonchev–Trinajstić information content (AvgIpc) is 2.69. The van der Waals surface area contributed by atoms with Gasteiger partial charge in [-0.2, -0.15) is 0 Å². The summed E-state index contributed by atoms with van der Waals surface area (Å²) in [5.74, 6) is -0.265. The van der Waals surface area contributed by atoms with Crippen molar-refractivity contribution in [2.75, 3.05) is 18.5 Å². The molecule has 0 spiro atoms. The number of anilines is 1. The van der Waals surface area contributed by atoms with Crippen molar-refractivity contribution in [2.24, 2.45) is 0 Å². The smallest absolute Gasteiger partial charge is 0.277 e. The highest BCUT2D eigenvalue weighted by Crippen LogP contribution is 2.29. The van der Waals surface area contributed by atoms with Crippen LogP contribution in [0.2, 0.25) is 0 Å². The number of carbonyl (C=O) groups excluding carboxylic acids is 2. The van der Waals surface area contributed by atoms with Crippen molar-refractivity contribution in [1.29, 1.82) is 0 Å². The van der Waals surface area contributed by atoms with Crippen molar-refractivity contribution in [3.05, 3.63) is 35.5 Å². The van der Waals surface area contributed by atoms with Crippen molar-refractivity contribution in [3.63, 3.8) is 0 Å². The van der Waals surface area contributed by atoms with E-state index in [4.69, 9.17) is 9.84 Å². The molecule has 0 radical (unpaired) electrons. The lowest BCUT2D eigenvalue weighted by molar-refractivity contribution is -0.137. The number of aliphatic hydroxyl groups is 1. The molecule has 6 nitrogen and oxygen atoms in total. The summed E-state index contributed by atoms with van der Waals surface area (Å²) in [4.78, 5) is 24.9. The van der Waals surface area contributed by atoms with Gasteiger partial charge in [-0.3, -0.25) is 14.5 Å². The number of carbonyl (C=O) groups is 2. The van der Waals surface area contributed by atoms with E-state index in [1.165, 1.54) is 6.08 Å². The van der Waals surface area contributed by atoms with E-state index in [0.29, 0.717) is 11.4 Å². The molecule has 2 N–H and O–H groups in total. The molecule has 2 rings (SSSR count). The van der Waals surface area contributed by atoms with E-state index < -0.39 is 11.8 Å². The topological polar surface area (TPSA) is 78.9 Å². The van der Waals surface area contributed by atoms with E-state index in [1.807, 2.05) is 39.0 Å². The summed E-state index contributed by atoms with van der Waals surface area (Å²) in [7, 11) is 0. The van der Waals surface area contributed by atoms with Gasteiger partial charge in [0.2, 0.25) is 0 Å². The molecule has 0 aliphatic carbocycles. The van der Waals surface area contributed by atoms with Crippen LogP contribution in [0.3, 0.4) is 0 Å². The highest BCUT2D eigenvalue weighted by atomic mass is 16.5. The quantitative estimate of drug-likeness (QED) is 0.778. The van der Waals surface area contributed by atoms with Gasteiger partial charge >= 0.3 is 0 Å². The molecule has 0 aromatic heterocycles. The molecular weight excluding hydrogens is 284 g/mol. The molecule has 0 atom stereocenters. The molecule has 1 aromatic carbocycles. The molecule has 1 aliphatic heterocycles. The van der Waals surface area contributed by atoms with E-state index in [9.17, 15) is 9.59 Å². The zero-order chi connectivity index (χ0) is 16.3. The highest BCUT2D eigenvalue weighted by Gasteiger charge is 2.31. The molecule has 0 fully saturated rings. The second kappa shape index (κ2) is 6.62. The number of aryl methyl sites for hydroxylation is 1. The fourth-order valence-corrected chi connectivity index (χ4v) is 2.15. The number of benzene rings is 1. The second-order valence-corrected chi connectivity index (χ2v) is 5.37. The average molecular weight is 304 g/mol. The number of hydrogen-bond donors (Lipinski definition) is 2. The summed E-state index contributed by atoms with van der Waals surface area (Å²) in [6.45, 7) is 5.48. The Morgan fingerprint density at radius 2 is 2.05 bits per heavy atom. The van der Waals surface area contributed by atoms with Gasteiger partial charge in [0, 0.05) is 6.08 Å². The van der Waals surface area contributed by atoms with Crippen molar-refractivity contribution in [2.45, 2.75) is 26.9 Å². The number of hydrogen-bond acceptors (Lipinski definition) is 5. The molecule has 1 aromatic rings. The Morgan fingerprint density at radius 1 is 1.32 bits per heavy atom. The first-order valence-electron chi connectivity index (χ1n) is 7.15. The lowest BCUT2D eigenvalue weighted by Crippen LogP contribution is -2.34. The zero-order valence-electron chi connectivity index (χ0n) is 12.9. The van der Waals surface area contributed by atoms with Gasteiger partial charge in [0.05, 0.1) is 24.9 Å². The van der Waals surface area contributed by atoms with Crippen LogP contribution in [0.5, 0.6) is 5.75 Å². The van der Waals surface area contributed by atoms with Crippen molar-refractivity contribution < 1.29 is 19.4 Å². The molecule has 0 bridgehead atoms. The minimum Gasteiger partial charge on any atom is -0.489 e. The Kier molecular flexibility index (Phi) is 4.82. The summed E-state index contributed by atoms with van der Waals surface area (Å²) in [5, 5.41) is 11.9. The van der Waals surface area contributed by atoms with Gasteiger partial charge in [-0.05, 0) is 38.5 Å². The Balaban J connectivity index is 2.24. The molecule has 2 amide bonds. The van der Waals surface area contributed by atoms with E-state index in [0.717, 1.165) is 10.5 Å². The normalized spacial score (nSPS) is 14.6. The largest absolute Gasteiger partial charge is 0.489 e. The number of aliphatic hydroxyl groups excluding tert-OH is 1. The molecule has 1 heterocycles. The number of ether oxygens (including phenoxy) is 1. The number of rotatable bonds is 6. The molecule has 0 saturated heterocycles. The maximum atomic E-state index is 12.2. The third-order valence-electron chi connectivity index (χ3n) is 3.10. The first-order chi connectivity index (χ1) is 10.4. The molecule has 0 saturated carbocycles. The minimum atomic E-state index is -0.448. The number of nitrogens with zero attached hydrogens (tertiary/aromatic N) is 1. The zero-order valence-corrected chi connectivity index (χ0v) is 12.9. The Morgan fingerprint density at radius 3 is 2.68 bits per heavy atom. The molecule has 0 unspecified atom stereocenters. The van der Waals surface area contributed by atoms with Crippen LogP contribution in [0, 0.1) is 6.92 Å². The molecule has 22 heavy (non-hydrogen) atoms. The van der Waals surface area contributed by atoms with Crippen LogP contribution in [-0.2, 0) is 9.59 Å². The Labute approximate surface area is 129 Å². The van der Waals surface area contributed by atoms with Gasteiger partial charge in [0.25, 0.3) is 11.8 Å². The number of amides is 2. The van der Waals surface area contributed by atoms with Crippen LogP contribution in [0.1, 0.15) is 19.4 Å². The van der Waals surface area contributed by atoms with Crippen molar-refractivity contribution in [1.82, 2.24) is 4.90 Å². The Hall–Kier alpha value is -2.34. The summed E-state index contributed by atoms with van der Waals surface area (Å²) in [6, 6.07) is 5.59. The van der Waals surface area contributed by atoms with E-state index in [2.05, 4.69) is 5.32 Å². The van der Waals surface area contributed by atoms with Crippen LogP contribution < -0.4 is 10.1 Å². The standard InChI is InChI=1S/C16H20N2O4/c1-10(2)22-14-5-4-11(3)8-12(14)17-13-9-15(20)18(6-7-19)16(13)21/h4-5,8-10,17,19H,6-7H2,1-3H3. The van der Waals surface area contributed by atoms with E-state index >= 15 is 0 Å². The van der Waals surface area contributed by atoms with Crippen molar-refractivity contribution in [3.8, 4) is 5.75 Å². The van der Waals surface area contributed by atoms with Gasteiger partial charge in [0.1, 0.15) is 11.4 Å². The second-order valence-electron chi connectivity index (χ2n) is 5.37. The van der Waals surface area contributed by atoms with Crippen LogP contribution >= 0.6 is 0 Å². The first-order valence-corrected chi connectivity index (χ1v) is 7.15. The number of imide groups is 1. The van der Waals surface area contributed by atoms with Gasteiger partial charge < -0.3 is 15.2 Å². The fourth-order valence-electron chi connectivity index (χ4n) is 2.15. The summed E-state index contributed by atoms with van der Waals surface area (Å²) in [5.41, 5.74) is 1.81. The lowest BCUT2D eigenvalue weighted by atomic mass is 10.2. The molecular formula is C16H20N2O4. The highest BCUT2D eigenvalue weighted by molar-refractivity contribution is 6.17. The lowest BCUT2D eigenvalue weighted by Gasteiger charge is -2.17. The molecule has 1 aliphatic rings. The minimum absolute atomic E-state index is 0.0102. The van der Waals surface area contributed by atoms with Crippen LogP contribution in [0.4, 0.5) is 5.69 Å². The van der Waals surface area contributed by atoms with Gasteiger partial charge in [-0.25, -0.2) is 0 Å². The van der Waals surface area contributed by atoms with Crippen LogP contribution in [-0.4, -0.2) is 41.1 Å². The Bertz CT molecular complexity index is 623. The predicted molar refractivity (Wildman–Crippen MR) is 82.5 cm³/mol. The first kappa shape index (κ1) is 16.0. The van der Waals surface area contributed by atoms with Crippen LogP contribution in [0.25, 0.3) is 0 Å². The summed E-state index contributed by atoms with van der Waals surface area (Å²) >= 11 is 0. The number of nitrogens with one attached hydrogen (secondary N) is 1. The fraction of sp³-hybridized carbons (Fsp3) is 0.375. The molecule has 118 valence electrons. The van der Waals surface area contributed by atoms with Gasteiger partial charge in [-0.1, -0.05) is 6.07 Å². The third-order valence-corrected chi connectivity index (χ3v) is 3.10. The maximum absolute atomic E-state index is 12.2. The van der Waals surface area contributed by atoms with Gasteiger partial charge in [-0.15, -0.1) is 0 Å². The predicted octanol–water partition coefficient (Wildman–Crippen LogP) is 1.44.